The molecule has 0 unspecified atom stereocenters. The second-order valence-corrected chi connectivity index (χ2v) is 10.2. The zero-order valence-corrected chi connectivity index (χ0v) is 22.2. The van der Waals surface area contributed by atoms with Gasteiger partial charge >= 0.3 is 0 Å². The van der Waals surface area contributed by atoms with E-state index >= 15 is 0 Å². The van der Waals surface area contributed by atoms with E-state index in [9.17, 15) is 9.59 Å². The van der Waals surface area contributed by atoms with Crippen LogP contribution >= 0.6 is 11.8 Å². The molecule has 0 spiro atoms. The van der Waals surface area contributed by atoms with Crippen molar-refractivity contribution in [2.45, 2.75) is 31.1 Å². The number of nitrogens with one attached hydrogen (secondary N) is 1. The molecule has 3 aromatic carbocycles. The summed E-state index contributed by atoms with van der Waals surface area (Å²) in [6.07, 6.45) is 0.648. The van der Waals surface area contributed by atoms with Crippen LogP contribution in [0.2, 0.25) is 0 Å². The summed E-state index contributed by atoms with van der Waals surface area (Å²) in [5, 5.41) is 9.44. The number of ether oxygens (including phenoxy) is 2. The molecule has 0 fully saturated rings. The van der Waals surface area contributed by atoms with E-state index in [0.717, 1.165) is 22.6 Å². The third-order valence-electron chi connectivity index (χ3n) is 6.47. The van der Waals surface area contributed by atoms with Crippen molar-refractivity contribution in [3.63, 3.8) is 0 Å². The number of amidine groups is 1. The van der Waals surface area contributed by atoms with Crippen molar-refractivity contribution in [3.05, 3.63) is 89.5 Å². The molecule has 0 radical (unpaired) electrons. The van der Waals surface area contributed by atoms with E-state index in [1.807, 2.05) is 48.3 Å². The second-order valence-electron chi connectivity index (χ2n) is 9.04. The van der Waals surface area contributed by atoms with Gasteiger partial charge in [-0.2, -0.15) is 10.1 Å². The van der Waals surface area contributed by atoms with E-state index in [-0.39, 0.29) is 24.3 Å². The number of carbonyl (C=O) groups excluding carboxylic acids is 2. The van der Waals surface area contributed by atoms with Crippen LogP contribution in [0.15, 0.2) is 82.9 Å². The van der Waals surface area contributed by atoms with Gasteiger partial charge in [0.15, 0.2) is 5.17 Å². The smallest absolute Gasteiger partial charge is 0.262 e. The molecule has 1 N–H and O–H groups in total. The van der Waals surface area contributed by atoms with Crippen molar-refractivity contribution in [3.8, 4) is 11.5 Å². The monoisotopic (exact) mass is 528 g/mol. The van der Waals surface area contributed by atoms with Crippen LogP contribution in [-0.2, 0) is 9.59 Å². The summed E-state index contributed by atoms with van der Waals surface area (Å²) in [7, 11) is 3.18. The third-order valence-corrected chi connectivity index (χ3v) is 7.61. The van der Waals surface area contributed by atoms with Gasteiger partial charge in [-0.05, 0) is 54.4 Å². The number of carbonyl (C=O) groups is 2. The fourth-order valence-corrected chi connectivity index (χ4v) is 5.48. The standard InChI is InChI=1S/C29H28N4O4S/c1-18-8-10-20(11-9-18)24-16-23(19-12-14-21(36-2)15-13-19)32-33(24)29-31-28(35)26(38-29)17-27(34)30-22-6-4-5-7-25(22)37-3/h4-15,24,26H,16-17H2,1-3H3,(H,30,34)/t24-,26+/m1/s1. The number of amides is 2. The molecule has 2 atom stereocenters. The maximum Gasteiger partial charge on any atom is 0.262 e. The molecule has 2 amide bonds. The molecule has 0 aliphatic carbocycles. The summed E-state index contributed by atoms with van der Waals surface area (Å²) in [6, 6.07) is 23.1. The van der Waals surface area contributed by atoms with Crippen LogP contribution in [-0.4, -0.2) is 47.2 Å². The molecule has 5 rings (SSSR count). The van der Waals surface area contributed by atoms with Crippen LogP contribution in [0.5, 0.6) is 11.5 Å². The molecule has 0 saturated carbocycles. The largest absolute Gasteiger partial charge is 0.497 e. The molecule has 2 aliphatic rings. The highest BCUT2D eigenvalue weighted by Crippen LogP contribution is 2.39. The molecule has 0 bridgehead atoms. The van der Waals surface area contributed by atoms with Crippen molar-refractivity contribution in [1.82, 2.24) is 5.01 Å². The summed E-state index contributed by atoms with van der Waals surface area (Å²) in [6.45, 7) is 2.05. The van der Waals surface area contributed by atoms with Crippen molar-refractivity contribution in [1.29, 1.82) is 0 Å². The Labute approximate surface area is 225 Å². The first-order valence-corrected chi connectivity index (χ1v) is 13.1. The minimum atomic E-state index is -0.626. The Morgan fingerprint density at radius 2 is 1.76 bits per heavy atom. The lowest BCUT2D eigenvalue weighted by molar-refractivity contribution is -0.121. The van der Waals surface area contributed by atoms with Crippen molar-refractivity contribution in [2.24, 2.45) is 10.1 Å². The van der Waals surface area contributed by atoms with Crippen molar-refractivity contribution in [2.75, 3.05) is 19.5 Å². The number of hydrogen-bond donors (Lipinski definition) is 1. The van der Waals surface area contributed by atoms with Gasteiger partial charge in [0.25, 0.3) is 5.91 Å². The highest BCUT2D eigenvalue weighted by atomic mass is 32.2. The Kier molecular flexibility index (Phi) is 7.46. The summed E-state index contributed by atoms with van der Waals surface area (Å²) in [5.74, 6) is 0.711. The number of hydrogen-bond acceptors (Lipinski definition) is 7. The molecule has 38 heavy (non-hydrogen) atoms. The maximum absolute atomic E-state index is 12.9. The minimum Gasteiger partial charge on any atom is -0.497 e. The van der Waals surface area contributed by atoms with Crippen molar-refractivity contribution >= 4 is 40.1 Å². The normalized spacial score (nSPS) is 18.7. The lowest BCUT2D eigenvalue weighted by Crippen LogP contribution is -2.25. The fraction of sp³-hybridized carbons (Fsp3) is 0.241. The van der Waals surface area contributed by atoms with Gasteiger partial charge in [0.05, 0.1) is 31.7 Å². The van der Waals surface area contributed by atoms with Crippen LogP contribution < -0.4 is 14.8 Å². The van der Waals surface area contributed by atoms with Crippen LogP contribution in [0.3, 0.4) is 0 Å². The Balaban J connectivity index is 1.35. The number of aliphatic imine (C=N–C) groups is 1. The van der Waals surface area contributed by atoms with Gasteiger partial charge < -0.3 is 14.8 Å². The first kappa shape index (κ1) is 25.5. The summed E-state index contributed by atoms with van der Waals surface area (Å²) < 4.78 is 10.6. The number of nitrogens with zero attached hydrogens (tertiary/aromatic N) is 3. The summed E-state index contributed by atoms with van der Waals surface area (Å²) >= 11 is 1.28. The number of anilines is 1. The zero-order chi connectivity index (χ0) is 26.6. The molecule has 0 aromatic heterocycles. The first-order chi connectivity index (χ1) is 18.4. The first-order valence-electron chi connectivity index (χ1n) is 12.2. The van der Waals surface area contributed by atoms with E-state index in [2.05, 4.69) is 34.6 Å². The average molecular weight is 529 g/mol. The minimum absolute atomic E-state index is 0.00730. The van der Waals surface area contributed by atoms with Gasteiger partial charge in [-0.1, -0.05) is 53.7 Å². The number of methoxy groups -OCH3 is 2. The van der Waals surface area contributed by atoms with Crippen LogP contribution in [0.25, 0.3) is 0 Å². The van der Waals surface area contributed by atoms with E-state index in [1.54, 1.807) is 26.4 Å². The van der Waals surface area contributed by atoms with E-state index in [1.165, 1.54) is 17.3 Å². The van der Waals surface area contributed by atoms with Crippen LogP contribution in [0.1, 0.15) is 35.6 Å². The van der Waals surface area contributed by atoms with Gasteiger partial charge in [0.1, 0.15) is 16.7 Å². The number of rotatable bonds is 7. The molecular formula is C29H28N4O4S. The van der Waals surface area contributed by atoms with Crippen molar-refractivity contribution < 1.29 is 19.1 Å². The number of thioether (sulfide) groups is 1. The van der Waals surface area contributed by atoms with E-state index in [0.29, 0.717) is 23.0 Å². The summed E-state index contributed by atoms with van der Waals surface area (Å²) in [4.78, 5) is 30.0. The average Bonchev–Trinajstić information content (AvgIpc) is 3.53. The van der Waals surface area contributed by atoms with Gasteiger partial charge in [0.2, 0.25) is 5.91 Å². The fourth-order valence-electron chi connectivity index (χ4n) is 4.41. The predicted octanol–water partition coefficient (Wildman–Crippen LogP) is 5.19. The van der Waals surface area contributed by atoms with Crippen LogP contribution in [0, 0.1) is 6.92 Å². The molecule has 2 heterocycles. The molecule has 9 heteroatoms. The summed E-state index contributed by atoms with van der Waals surface area (Å²) in [5.41, 5.74) is 4.68. The van der Waals surface area contributed by atoms with Gasteiger partial charge in [0, 0.05) is 12.8 Å². The number of hydrazone groups is 1. The SMILES string of the molecule is COc1ccc(C2=NN(C3=NC(=O)[C@H](CC(=O)Nc4ccccc4OC)S3)[C@@H](c3ccc(C)cc3)C2)cc1. The second kappa shape index (κ2) is 11.1. The Bertz CT molecular complexity index is 1400. The molecule has 0 saturated heterocycles. The van der Waals surface area contributed by atoms with Gasteiger partial charge in [-0.3, -0.25) is 9.59 Å². The van der Waals surface area contributed by atoms with E-state index < -0.39 is 5.25 Å². The predicted molar refractivity (Wildman–Crippen MR) is 150 cm³/mol. The third kappa shape index (κ3) is 5.43. The zero-order valence-electron chi connectivity index (χ0n) is 21.4. The number of para-hydroxylation sites is 2. The highest BCUT2D eigenvalue weighted by molar-refractivity contribution is 8.15. The molecule has 194 valence electrons. The molecule has 8 nitrogen and oxygen atoms in total. The van der Waals surface area contributed by atoms with Gasteiger partial charge in [-0.25, -0.2) is 5.01 Å². The van der Waals surface area contributed by atoms with Gasteiger partial charge in [-0.15, -0.1) is 0 Å². The Hall–Kier alpha value is -4.11. The van der Waals surface area contributed by atoms with E-state index in [4.69, 9.17) is 14.6 Å². The lowest BCUT2D eigenvalue weighted by atomic mass is 9.98. The Morgan fingerprint density at radius 1 is 1.03 bits per heavy atom. The molecule has 3 aromatic rings. The Morgan fingerprint density at radius 3 is 2.47 bits per heavy atom. The topological polar surface area (TPSA) is 92.6 Å². The lowest BCUT2D eigenvalue weighted by Gasteiger charge is -2.23. The maximum atomic E-state index is 12.9. The quantitative estimate of drug-likeness (QED) is 0.454. The highest BCUT2D eigenvalue weighted by Gasteiger charge is 2.39. The molecule has 2 aliphatic heterocycles. The number of aryl methyl sites for hydroxylation is 1. The number of benzene rings is 3. The van der Waals surface area contributed by atoms with Crippen LogP contribution in [0.4, 0.5) is 5.69 Å². The molecular weight excluding hydrogens is 500 g/mol.